The van der Waals surface area contributed by atoms with Crippen LogP contribution in [0.25, 0.3) is 0 Å². The van der Waals surface area contributed by atoms with Crippen molar-refractivity contribution in [1.29, 1.82) is 0 Å². The van der Waals surface area contributed by atoms with E-state index in [1.807, 2.05) is 0 Å². The third kappa shape index (κ3) is 9.49. The first-order valence-electron chi connectivity index (χ1n) is 9.11. The molecule has 0 saturated carbocycles. The monoisotopic (exact) mass is 350 g/mol. The van der Waals surface area contributed by atoms with Crippen molar-refractivity contribution in [2.75, 3.05) is 19.8 Å². The molecule has 0 amide bonds. The van der Waals surface area contributed by atoms with E-state index in [-0.39, 0.29) is 19.8 Å². The molecule has 0 radical (unpaired) electrons. The largest absolute Gasteiger partial charge is 0.465 e. The Morgan fingerprint density at radius 3 is 1.83 bits per heavy atom. The first-order valence-corrected chi connectivity index (χ1v) is 10.7. The SMILES string of the molecule is CCCCCCCCCC(C(=O)OCC)P(=O)(OCC)OCC. The van der Waals surface area contributed by atoms with Crippen molar-refractivity contribution in [3.63, 3.8) is 0 Å². The number of rotatable bonds is 15. The molecule has 6 heteroatoms. The summed E-state index contributed by atoms with van der Waals surface area (Å²) in [7, 11) is -3.46. The standard InChI is InChI=1S/C17H35O5P/c1-5-9-10-11-12-13-14-15-16(17(18)20-6-2)23(19,21-7-3)22-8-4/h16H,5-15H2,1-4H3. The van der Waals surface area contributed by atoms with Crippen LogP contribution in [0, 0.1) is 0 Å². The smallest absolute Gasteiger partial charge is 0.344 e. The van der Waals surface area contributed by atoms with Gasteiger partial charge < -0.3 is 13.8 Å². The van der Waals surface area contributed by atoms with E-state index in [1.54, 1.807) is 20.8 Å². The fraction of sp³-hybridized carbons (Fsp3) is 0.941. The summed E-state index contributed by atoms with van der Waals surface area (Å²) in [6.45, 7) is 8.22. The minimum absolute atomic E-state index is 0.254. The lowest BCUT2D eigenvalue weighted by molar-refractivity contribution is -0.143. The molecule has 0 aromatic rings. The van der Waals surface area contributed by atoms with Crippen LogP contribution in [0.5, 0.6) is 0 Å². The normalized spacial score (nSPS) is 13.0. The molecule has 0 aliphatic carbocycles. The molecular weight excluding hydrogens is 315 g/mol. The minimum Gasteiger partial charge on any atom is -0.465 e. The number of hydrogen-bond acceptors (Lipinski definition) is 5. The van der Waals surface area contributed by atoms with Crippen LogP contribution < -0.4 is 0 Å². The number of esters is 1. The highest BCUT2D eigenvalue weighted by molar-refractivity contribution is 7.55. The van der Waals surface area contributed by atoms with Gasteiger partial charge in [0.25, 0.3) is 0 Å². The average molecular weight is 350 g/mol. The highest BCUT2D eigenvalue weighted by Crippen LogP contribution is 2.55. The minimum atomic E-state index is -3.46. The van der Waals surface area contributed by atoms with Crippen LogP contribution >= 0.6 is 7.60 Å². The van der Waals surface area contributed by atoms with E-state index in [4.69, 9.17) is 13.8 Å². The van der Waals surface area contributed by atoms with Gasteiger partial charge in [0.1, 0.15) is 0 Å². The van der Waals surface area contributed by atoms with Gasteiger partial charge in [0.2, 0.25) is 0 Å². The Bertz CT molecular complexity index is 336. The molecule has 0 fully saturated rings. The zero-order valence-electron chi connectivity index (χ0n) is 15.3. The zero-order chi connectivity index (χ0) is 17.6. The zero-order valence-corrected chi connectivity index (χ0v) is 16.2. The van der Waals surface area contributed by atoms with Gasteiger partial charge in [-0.3, -0.25) is 9.36 Å². The molecule has 0 aliphatic heterocycles. The number of carbonyl (C=O) groups is 1. The van der Waals surface area contributed by atoms with Crippen LogP contribution in [0.15, 0.2) is 0 Å². The summed E-state index contributed by atoms with van der Waals surface area (Å²) in [6.07, 6.45) is 8.47. The number of ether oxygens (including phenoxy) is 1. The highest BCUT2D eigenvalue weighted by atomic mass is 31.2. The summed E-state index contributed by atoms with van der Waals surface area (Å²) >= 11 is 0. The van der Waals surface area contributed by atoms with Crippen LogP contribution in [-0.4, -0.2) is 31.4 Å². The maximum Gasteiger partial charge on any atom is 0.344 e. The van der Waals surface area contributed by atoms with Crippen molar-refractivity contribution in [1.82, 2.24) is 0 Å². The lowest BCUT2D eigenvalue weighted by Crippen LogP contribution is -2.26. The molecule has 0 saturated heterocycles. The summed E-state index contributed by atoms with van der Waals surface area (Å²) in [4.78, 5) is 12.2. The van der Waals surface area contributed by atoms with Crippen LogP contribution in [-0.2, 0) is 23.1 Å². The molecule has 1 unspecified atom stereocenters. The fourth-order valence-electron chi connectivity index (χ4n) is 2.52. The molecule has 0 aromatic heterocycles. The predicted octanol–water partition coefficient (Wildman–Crippen LogP) is 5.32. The maximum atomic E-state index is 12.9. The molecule has 0 bridgehead atoms. The Hall–Kier alpha value is -0.380. The molecular formula is C17H35O5P. The second-order valence-electron chi connectivity index (χ2n) is 5.55. The van der Waals surface area contributed by atoms with Gasteiger partial charge in [0.15, 0.2) is 5.66 Å². The molecule has 0 spiro atoms. The lowest BCUT2D eigenvalue weighted by atomic mass is 10.1. The van der Waals surface area contributed by atoms with Gasteiger partial charge in [-0.1, -0.05) is 51.9 Å². The Morgan fingerprint density at radius 1 is 0.826 bits per heavy atom. The number of hydrogen-bond donors (Lipinski definition) is 0. The van der Waals surface area contributed by atoms with Crippen LogP contribution in [0.3, 0.4) is 0 Å². The van der Waals surface area contributed by atoms with E-state index < -0.39 is 19.2 Å². The molecule has 0 aliphatic rings. The Balaban J connectivity index is 4.56. The second-order valence-corrected chi connectivity index (χ2v) is 7.77. The second kappa shape index (κ2) is 14.0. The molecule has 23 heavy (non-hydrogen) atoms. The molecule has 0 aromatic carbocycles. The Morgan fingerprint density at radius 2 is 1.35 bits per heavy atom. The predicted molar refractivity (Wildman–Crippen MR) is 93.9 cm³/mol. The van der Waals surface area contributed by atoms with Crippen molar-refractivity contribution in [2.45, 2.75) is 84.7 Å². The molecule has 1 atom stereocenters. The van der Waals surface area contributed by atoms with Gasteiger partial charge in [0, 0.05) is 0 Å². The number of unbranched alkanes of at least 4 members (excludes halogenated alkanes) is 6. The Kier molecular flexibility index (Phi) is 13.8. The number of carbonyl (C=O) groups excluding carboxylic acids is 1. The third-order valence-electron chi connectivity index (χ3n) is 3.64. The maximum absolute atomic E-state index is 12.9. The summed E-state index contributed by atoms with van der Waals surface area (Å²) in [5.41, 5.74) is -0.807. The van der Waals surface area contributed by atoms with Gasteiger partial charge in [-0.05, 0) is 27.2 Å². The van der Waals surface area contributed by atoms with Crippen molar-refractivity contribution < 1.29 is 23.1 Å². The van der Waals surface area contributed by atoms with E-state index in [2.05, 4.69) is 6.92 Å². The first-order chi connectivity index (χ1) is 11.1. The molecule has 0 rings (SSSR count). The van der Waals surface area contributed by atoms with Crippen molar-refractivity contribution in [3.05, 3.63) is 0 Å². The Labute approximate surface area is 142 Å². The molecule has 0 N–H and O–H groups in total. The van der Waals surface area contributed by atoms with Crippen LogP contribution in [0.1, 0.15) is 79.1 Å². The average Bonchev–Trinajstić information content (AvgIpc) is 2.50. The lowest BCUT2D eigenvalue weighted by Gasteiger charge is -2.24. The fourth-order valence-corrected chi connectivity index (χ4v) is 4.50. The van der Waals surface area contributed by atoms with Crippen LogP contribution in [0.2, 0.25) is 0 Å². The van der Waals surface area contributed by atoms with Gasteiger partial charge in [0.05, 0.1) is 19.8 Å². The van der Waals surface area contributed by atoms with Gasteiger partial charge >= 0.3 is 13.6 Å². The molecule has 138 valence electrons. The molecule has 0 heterocycles. The summed E-state index contributed by atoms with van der Waals surface area (Å²) in [6, 6.07) is 0. The first kappa shape index (κ1) is 22.6. The summed E-state index contributed by atoms with van der Waals surface area (Å²) < 4.78 is 28.7. The van der Waals surface area contributed by atoms with Crippen molar-refractivity contribution in [3.8, 4) is 0 Å². The topological polar surface area (TPSA) is 61.8 Å². The van der Waals surface area contributed by atoms with Gasteiger partial charge in [-0.15, -0.1) is 0 Å². The quantitative estimate of drug-likeness (QED) is 0.227. The summed E-state index contributed by atoms with van der Waals surface area (Å²) in [5.74, 6) is -0.469. The molecule has 5 nitrogen and oxygen atoms in total. The van der Waals surface area contributed by atoms with Crippen LogP contribution in [0.4, 0.5) is 0 Å². The van der Waals surface area contributed by atoms with Gasteiger partial charge in [-0.2, -0.15) is 0 Å². The van der Waals surface area contributed by atoms with E-state index >= 15 is 0 Å². The third-order valence-corrected chi connectivity index (χ3v) is 6.11. The van der Waals surface area contributed by atoms with Gasteiger partial charge in [-0.25, -0.2) is 0 Å². The van der Waals surface area contributed by atoms with E-state index in [0.717, 1.165) is 19.3 Å². The summed E-state index contributed by atoms with van der Waals surface area (Å²) in [5, 5.41) is 0. The van der Waals surface area contributed by atoms with E-state index in [0.29, 0.717) is 6.42 Å². The van der Waals surface area contributed by atoms with E-state index in [9.17, 15) is 9.36 Å². The van der Waals surface area contributed by atoms with Crippen molar-refractivity contribution in [2.24, 2.45) is 0 Å². The highest BCUT2D eigenvalue weighted by Gasteiger charge is 2.41. The van der Waals surface area contributed by atoms with E-state index in [1.165, 1.54) is 25.7 Å². The van der Waals surface area contributed by atoms with Crippen molar-refractivity contribution >= 4 is 13.6 Å².